The molecule has 142 valence electrons. The van der Waals surface area contributed by atoms with Crippen molar-refractivity contribution in [3.05, 3.63) is 42.0 Å². The number of rotatable bonds is 6. The second-order valence-electron chi connectivity index (χ2n) is 5.13. The molecular formula is C15H20F3NO5S. The monoisotopic (exact) mass is 383 g/mol. The van der Waals surface area contributed by atoms with Crippen LogP contribution in [0.15, 0.2) is 41.3 Å². The molecule has 6 nitrogen and oxygen atoms in total. The summed E-state index contributed by atoms with van der Waals surface area (Å²) in [5.74, 6) is -2.76. The van der Waals surface area contributed by atoms with Gasteiger partial charge in [-0.25, -0.2) is 4.79 Å². The van der Waals surface area contributed by atoms with Gasteiger partial charge in [0.1, 0.15) is 0 Å². The van der Waals surface area contributed by atoms with Gasteiger partial charge in [-0.15, -0.1) is 0 Å². The number of hydrogen-bond acceptors (Lipinski definition) is 5. The van der Waals surface area contributed by atoms with E-state index in [1.54, 1.807) is 19.1 Å². The number of aryl methyl sites for hydroxylation is 1. The fourth-order valence-electron chi connectivity index (χ4n) is 1.30. The molecule has 3 N–H and O–H groups in total. The zero-order chi connectivity index (χ0) is 19.8. The molecule has 10 heteroatoms. The lowest BCUT2D eigenvalue weighted by Gasteiger charge is -2.11. The number of halogens is 3. The molecule has 0 radical (unpaired) electrons. The van der Waals surface area contributed by atoms with Gasteiger partial charge in [-0.05, 0) is 32.4 Å². The molecule has 1 unspecified atom stereocenters. The molecule has 1 aromatic rings. The quantitative estimate of drug-likeness (QED) is 0.578. The average Bonchev–Trinajstić information content (AvgIpc) is 2.46. The Kier molecular flexibility index (Phi) is 8.81. The molecule has 0 aromatic heterocycles. The first kappa shape index (κ1) is 23.1. The van der Waals surface area contributed by atoms with Gasteiger partial charge >= 0.3 is 12.1 Å². The summed E-state index contributed by atoms with van der Waals surface area (Å²) >= 11 is 0. The molecule has 0 amide bonds. The van der Waals surface area contributed by atoms with E-state index in [0.29, 0.717) is 6.42 Å². The van der Waals surface area contributed by atoms with Gasteiger partial charge in [0.05, 0.1) is 11.5 Å². The smallest absolute Gasteiger partial charge is 0.475 e. The summed E-state index contributed by atoms with van der Waals surface area (Å²) in [5.41, 5.74) is 7.54. The third-order valence-corrected chi connectivity index (χ3v) is 4.18. The maximum Gasteiger partial charge on any atom is 0.490 e. The SMILES string of the molecule is C=C(C)C(N)CCOS(=O)(=O)c1ccc(C)cc1.O=C(O)C(F)(F)F. The number of carbonyl (C=O) groups is 1. The molecule has 0 fully saturated rings. The Morgan fingerprint density at radius 1 is 1.32 bits per heavy atom. The van der Waals surface area contributed by atoms with Crippen molar-refractivity contribution in [1.29, 1.82) is 0 Å². The van der Waals surface area contributed by atoms with E-state index in [1.165, 1.54) is 12.1 Å². The van der Waals surface area contributed by atoms with Gasteiger partial charge in [-0.3, -0.25) is 4.18 Å². The van der Waals surface area contributed by atoms with Crippen LogP contribution in [-0.2, 0) is 19.1 Å². The van der Waals surface area contributed by atoms with E-state index < -0.39 is 22.3 Å². The molecule has 0 aliphatic heterocycles. The number of carboxylic acids is 1. The summed E-state index contributed by atoms with van der Waals surface area (Å²) in [6.07, 6.45) is -4.65. The van der Waals surface area contributed by atoms with Gasteiger partial charge in [0.25, 0.3) is 10.1 Å². The molecule has 1 aromatic carbocycles. The Morgan fingerprint density at radius 3 is 2.12 bits per heavy atom. The number of carboxylic acid groups (broad SMARTS) is 1. The molecule has 0 aliphatic rings. The van der Waals surface area contributed by atoms with E-state index in [1.807, 2.05) is 6.92 Å². The van der Waals surface area contributed by atoms with Crippen LogP contribution in [0.2, 0.25) is 0 Å². The minimum Gasteiger partial charge on any atom is -0.475 e. The second kappa shape index (κ2) is 9.54. The Bertz CT molecular complexity index is 684. The van der Waals surface area contributed by atoms with Gasteiger partial charge in [-0.2, -0.15) is 21.6 Å². The van der Waals surface area contributed by atoms with Crippen molar-refractivity contribution >= 4 is 16.1 Å². The Morgan fingerprint density at radius 2 is 1.76 bits per heavy atom. The van der Waals surface area contributed by atoms with Gasteiger partial charge in [0, 0.05) is 6.04 Å². The minimum absolute atomic E-state index is 0.0598. The molecule has 0 saturated carbocycles. The topological polar surface area (TPSA) is 107 Å². The van der Waals surface area contributed by atoms with Crippen LogP contribution in [0.4, 0.5) is 13.2 Å². The highest BCUT2D eigenvalue weighted by molar-refractivity contribution is 7.86. The lowest BCUT2D eigenvalue weighted by atomic mass is 10.1. The highest BCUT2D eigenvalue weighted by atomic mass is 32.2. The molecule has 25 heavy (non-hydrogen) atoms. The second-order valence-corrected chi connectivity index (χ2v) is 6.75. The third-order valence-electron chi connectivity index (χ3n) is 2.85. The first-order chi connectivity index (χ1) is 11.3. The fraction of sp³-hybridized carbons (Fsp3) is 0.400. The molecular weight excluding hydrogens is 363 g/mol. The van der Waals surface area contributed by atoms with Crippen LogP contribution in [-0.4, -0.2) is 38.3 Å². The lowest BCUT2D eigenvalue weighted by Crippen LogP contribution is -2.23. The van der Waals surface area contributed by atoms with Gasteiger partial charge in [-0.1, -0.05) is 29.8 Å². The van der Waals surface area contributed by atoms with Crippen molar-refractivity contribution in [3.63, 3.8) is 0 Å². The maximum absolute atomic E-state index is 11.8. The van der Waals surface area contributed by atoms with Crippen molar-refractivity contribution in [2.24, 2.45) is 5.73 Å². The number of aliphatic carboxylic acids is 1. The van der Waals surface area contributed by atoms with E-state index in [2.05, 4.69) is 6.58 Å². The normalized spacial score (nSPS) is 12.7. The Labute approximate surface area is 144 Å². The third kappa shape index (κ3) is 9.22. The summed E-state index contributed by atoms with van der Waals surface area (Å²) in [7, 11) is -3.68. The van der Waals surface area contributed by atoms with Crippen molar-refractivity contribution < 1.29 is 35.7 Å². The molecule has 0 saturated heterocycles. The van der Waals surface area contributed by atoms with Crippen molar-refractivity contribution in [2.75, 3.05) is 6.61 Å². The fourth-order valence-corrected chi connectivity index (χ4v) is 2.23. The first-order valence-corrected chi connectivity index (χ1v) is 8.35. The summed E-state index contributed by atoms with van der Waals surface area (Å²) in [6, 6.07) is 6.29. The largest absolute Gasteiger partial charge is 0.490 e. The van der Waals surface area contributed by atoms with Gasteiger partial charge in [0.15, 0.2) is 0 Å². The molecule has 1 atom stereocenters. The summed E-state index contributed by atoms with van der Waals surface area (Å²) in [5, 5.41) is 7.12. The van der Waals surface area contributed by atoms with Crippen LogP contribution in [0.1, 0.15) is 18.9 Å². The highest BCUT2D eigenvalue weighted by Gasteiger charge is 2.38. The zero-order valence-corrected chi connectivity index (χ0v) is 14.5. The van der Waals surface area contributed by atoms with E-state index in [9.17, 15) is 21.6 Å². The lowest BCUT2D eigenvalue weighted by molar-refractivity contribution is -0.192. The Balaban J connectivity index is 0.000000697. The standard InChI is InChI=1S/C13H19NO3S.C2HF3O2/c1-10(2)13(14)8-9-17-18(15,16)12-6-4-11(3)5-7-12;3-2(4,5)1(6)7/h4-7,13H,1,8-9,14H2,2-3H3;(H,6,7). The van der Waals surface area contributed by atoms with Gasteiger partial charge < -0.3 is 10.8 Å². The minimum atomic E-state index is -5.08. The van der Waals surface area contributed by atoms with Crippen LogP contribution in [0, 0.1) is 6.92 Å². The van der Waals surface area contributed by atoms with E-state index in [0.717, 1.165) is 11.1 Å². The number of nitrogens with two attached hydrogens (primary N) is 1. The van der Waals surface area contributed by atoms with E-state index in [-0.39, 0.29) is 17.5 Å². The summed E-state index contributed by atoms with van der Waals surface area (Å²) in [6.45, 7) is 7.46. The van der Waals surface area contributed by atoms with Crippen molar-refractivity contribution in [3.8, 4) is 0 Å². The predicted octanol–water partition coefficient (Wildman–Crippen LogP) is 2.63. The van der Waals surface area contributed by atoms with Crippen LogP contribution >= 0.6 is 0 Å². The maximum atomic E-state index is 11.8. The first-order valence-electron chi connectivity index (χ1n) is 6.94. The summed E-state index contributed by atoms with van der Waals surface area (Å²) in [4.78, 5) is 9.06. The average molecular weight is 383 g/mol. The van der Waals surface area contributed by atoms with Gasteiger partial charge in [0.2, 0.25) is 0 Å². The van der Waals surface area contributed by atoms with Crippen LogP contribution in [0.5, 0.6) is 0 Å². The van der Waals surface area contributed by atoms with Crippen molar-refractivity contribution in [2.45, 2.75) is 37.4 Å². The predicted molar refractivity (Wildman–Crippen MR) is 85.4 cm³/mol. The molecule has 0 spiro atoms. The van der Waals surface area contributed by atoms with E-state index >= 15 is 0 Å². The van der Waals surface area contributed by atoms with Crippen LogP contribution in [0.3, 0.4) is 0 Å². The summed E-state index contributed by atoms with van der Waals surface area (Å²) < 4.78 is 60.3. The Hall–Kier alpha value is -1.91. The number of alkyl halides is 3. The molecule has 0 bridgehead atoms. The molecule has 1 rings (SSSR count). The molecule has 0 heterocycles. The molecule has 0 aliphatic carbocycles. The number of benzene rings is 1. The van der Waals surface area contributed by atoms with Crippen LogP contribution in [0.25, 0.3) is 0 Å². The van der Waals surface area contributed by atoms with Crippen LogP contribution < -0.4 is 5.73 Å². The highest BCUT2D eigenvalue weighted by Crippen LogP contribution is 2.14. The zero-order valence-electron chi connectivity index (χ0n) is 13.7. The van der Waals surface area contributed by atoms with Crippen molar-refractivity contribution in [1.82, 2.24) is 0 Å². The van der Waals surface area contributed by atoms with E-state index in [4.69, 9.17) is 19.8 Å². The number of hydrogen-bond donors (Lipinski definition) is 2.